The number of carbonyl (C=O) groups is 1. The lowest BCUT2D eigenvalue weighted by atomic mass is 9.89. The quantitative estimate of drug-likeness (QED) is 0.473. The summed E-state index contributed by atoms with van der Waals surface area (Å²) in [5, 5.41) is 6.43. The van der Waals surface area contributed by atoms with Crippen LogP contribution in [0, 0.1) is 0 Å². The normalized spacial score (nSPS) is 21.2. The van der Waals surface area contributed by atoms with Crippen LogP contribution in [0.15, 0.2) is 4.99 Å². The van der Waals surface area contributed by atoms with Gasteiger partial charge in [-0.25, -0.2) is 0 Å². The summed E-state index contributed by atoms with van der Waals surface area (Å²) in [5.41, 5.74) is 0.0790. The maximum Gasteiger partial charge on any atom is 0.234 e. The predicted molar refractivity (Wildman–Crippen MR) is 114 cm³/mol. The molecule has 2 aliphatic heterocycles. The highest BCUT2D eigenvalue weighted by Gasteiger charge is 2.35. The molecule has 0 spiro atoms. The zero-order valence-corrected chi connectivity index (χ0v) is 18.5. The van der Waals surface area contributed by atoms with E-state index in [9.17, 15) is 4.79 Å². The summed E-state index contributed by atoms with van der Waals surface area (Å²) in [6, 6.07) is 0.190. The second-order valence-electron chi connectivity index (χ2n) is 8.39. The Balaban J connectivity index is 1.93. The number of rotatable bonds is 7. The van der Waals surface area contributed by atoms with Crippen molar-refractivity contribution < 1.29 is 9.53 Å². The lowest BCUT2D eigenvalue weighted by Crippen LogP contribution is -2.55. The average Bonchev–Trinajstić information content (AvgIpc) is 2.66. The first-order valence-corrected chi connectivity index (χ1v) is 10.7. The molecule has 2 N–H and O–H groups in total. The molecule has 0 unspecified atom stereocenters. The second kappa shape index (κ2) is 11.0. The van der Waals surface area contributed by atoms with Gasteiger partial charge in [0.1, 0.15) is 0 Å². The Kier molecular flexibility index (Phi) is 8.98. The molecule has 0 atom stereocenters. The highest BCUT2D eigenvalue weighted by Crippen LogP contribution is 2.26. The molecule has 162 valence electrons. The largest absolute Gasteiger partial charge is 0.381 e. The van der Waals surface area contributed by atoms with E-state index >= 15 is 0 Å². The number of piperazine rings is 1. The zero-order chi connectivity index (χ0) is 20.6. The maximum absolute atomic E-state index is 12.0. The molecule has 2 rings (SSSR count). The van der Waals surface area contributed by atoms with E-state index in [2.05, 4.69) is 46.4 Å². The van der Waals surface area contributed by atoms with E-state index in [0.29, 0.717) is 6.54 Å². The van der Waals surface area contributed by atoms with Crippen LogP contribution in [0.4, 0.5) is 0 Å². The summed E-state index contributed by atoms with van der Waals surface area (Å²) >= 11 is 0. The smallest absolute Gasteiger partial charge is 0.234 e. The third kappa shape index (κ3) is 6.60. The average molecular weight is 397 g/mol. The molecule has 28 heavy (non-hydrogen) atoms. The van der Waals surface area contributed by atoms with Crippen LogP contribution in [0.1, 0.15) is 33.6 Å². The molecule has 0 aromatic heterocycles. The van der Waals surface area contributed by atoms with Gasteiger partial charge >= 0.3 is 0 Å². The summed E-state index contributed by atoms with van der Waals surface area (Å²) in [6.07, 6.45) is 2.03. The van der Waals surface area contributed by atoms with Gasteiger partial charge in [0.15, 0.2) is 5.96 Å². The molecule has 2 fully saturated rings. The first-order chi connectivity index (χ1) is 13.4. The van der Waals surface area contributed by atoms with Gasteiger partial charge in [0.2, 0.25) is 5.91 Å². The van der Waals surface area contributed by atoms with E-state index in [1.54, 1.807) is 0 Å². The third-order valence-corrected chi connectivity index (χ3v) is 5.72. The summed E-state index contributed by atoms with van der Waals surface area (Å²) < 4.78 is 5.57. The number of aliphatic imine (C=N–C) groups is 1. The minimum absolute atomic E-state index is 0.0790. The topological polar surface area (TPSA) is 72.4 Å². The Labute approximate surface area is 170 Å². The van der Waals surface area contributed by atoms with Crippen molar-refractivity contribution in [3.63, 3.8) is 0 Å². The van der Waals surface area contributed by atoms with Gasteiger partial charge in [-0.1, -0.05) is 0 Å². The van der Waals surface area contributed by atoms with Crippen molar-refractivity contribution in [2.24, 2.45) is 4.99 Å². The van der Waals surface area contributed by atoms with Crippen LogP contribution in [0.2, 0.25) is 0 Å². The number of ether oxygens (including phenoxy) is 1. The summed E-state index contributed by atoms with van der Waals surface area (Å²) in [4.78, 5) is 23.9. The number of guanidine groups is 1. The molecule has 8 nitrogen and oxygen atoms in total. The molecule has 0 radical (unpaired) electrons. The van der Waals surface area contributed by atoms with Crippen molar-refractivity contribution in [2.75, 3.05) is 73.1 Å². The second-order valence-corrected chi connectivity index (χ2v) is 8.39. The minimum atomic E-state index is 0.0790. The van der Waals surface area contributed by atoms with Gasteiger partial charge in [0.25, 0.3) is 0 Å². The van der Waals surface area contributed by atoms with E-state index in [0.717, 1.165) is 71.3 Å². The lowest BCUT2D eigenvalue weighted by molar-refractivity contribution is -0.123. The van der Waals surface area contributed by atoms with Gasteiger partial charge < -0.3 is 25.2 Å². The Morgan fingerprint density at radius 2 is 1.82 bits per heavy atom. The van der Waals surface area contributed by atoms with Crippen LogP contribution in [0.3, 0.4) is 0 Å². The summed E-state index contributed by atoms with van der Waals surface area (Å²) in [7, 11) is 4.30. The van der Waals surface area contributed by atoms with Gasteiger partial charge in [-0.2, -0.15) is 0 Å². The number of hydrogen-bond acceptors (Lipinski definition) is 5. The number of carbonyl (C=O) groups excluding carboxylic acids is 1. The van der Waals surface area contributed by atoms with Gasteiger partial charge in [-0.15, -0.1) is 0 Å². The van der Waals surface area contributed by atoms with Crippen molar-refractivity contribution in [3.05, 3.63) is 0 Å². The predicted octanol–water partition coefficient (Wildman–Crippen LogP) is 0.205. The monoisotopic (exact) mass is 396 g/mol. The fourth-order valence-corrected chi connectivity index (χ4v) is 3.83. The summed E-state index contributed by atoms with van der Waals surface area (Å²) in [5.74, 6) is 1.10. The SMILES string of the molecule is CCNC(=NCC1(N(C)C)CCOCC1)N1CCN(CC(=O)NC(C)C)CC1. The number of hydrogen-bond donors (Lipinski definition) is 2. The zero-order valence-electron chi connectivity index (χ0n) is 18.5. The van der Waals surface area contributed by atoms with E-state index < -0.39 is 0 Å². The van der Waals surface area contributed by atoms with E-state index in [-0.39, 0.29) is 17.5 Å². The fourth-order valence-electron chi connectivity index (χ4n) is 3.83. The molecular weight excluding hydrogens is 356 g/mol. The van der Waals surface area contributed by atoms with E-state index in [1.807, 2.05) is 13.8 Å². The molecule has 2 saturated heterocycles. The first-order valence-electron chi connectivity index (χ1n) is 10.7. The van der Waals surface area contributed by atoms with Crippen LogP contribution in [-0.4, -0.2) is 111 Å². The van der Waals surface area contributed by atoms with Crippen LogP contribution in [-0.2, 0) is 9.53 Å². The molecule has 8 heteroatoms. The molecule has 1 amide bonds. The Morgan fingerprint density at radius 3 is 2.36 bits per heavy atom. The molecule has 0 saturated carbocycles. The lowest BCUT2D eigenvalue weighted by Gasteiger charge is -2.42. The number of amides is 1. The van der Waals surface area contributed by atoms with E-state index in [1.165, 1.54) is 0 Å². The molecule has 0 aromatic rings. The molecular formula is C20H40N6O2. The molecule has 0 aromatic carbocycles. The Morgan fingerprint density at radius 1 is 1.18 bits per heavy atom. The van der Waals surface area contributed by atoms with Crippen molar-refractivity contribution in [1.29, 1.82) is 0 Å². The Hall–Kier alpha value is -1.38. The number of nitrogens with one attached hydrogen (secondary N) is 2. The summed E-state index contributed by atoms with van der Waals surface area (Å²) in [6.45, 7) is 13.4. The van der Waals surface area contributed by atoms with Gasteiger partial charge in [-0.05, 0) is 47.7 Å². The number of nitrogens with zero attached hydrogens (tertiary/aromatic N) is 4. The number of likely N-dealkylation sites (N-methyl/N-ethyl adjacent to an activating group) is 1. The van der Waals surface area contributed by atoms with Gasteiger partial charge in [0.05, 0.1) is 13.1 Å². The van der Waals surface area contributed by atoms with Crippen LogP contribution < -0.4 is 10.6 Å². The highest BCUT2D eigenvalue weighted by atomic mass is 16.5. The highest BCUT2D eigenvalue weighted by molar-refractivity contribution is 5.80. The van der Waals surface area contributed by atoms with Crippen molar-refractivity contribution in [2.45, 2.75) is 45.2 Å². The van der Waals surface area contributed by atoms with Crippen LogP contribution in [0.25, 0.3) is 0 Å². The molecule has 0 bridgehead atoms. The molecule has 2 aliphatic rings. The van der Waals surface area contributed by atoms with Gasteiger partial charge in [-0.3, -0.25) is 14.7 Å². The molecule has 0 aliphatic carbocycles. The fraction of sp³-hybridized carbons (Fsp3) is 0.900. The first kappa shape index (κ1) is 22.9. The third-order valence-electron chi connectivity index (χ3n) is 5.72. The maximum atomic E-state index is 12.0. The molecule has 2 heterocycles. The van der Waals surface area contributed by atoms with E-state index in [4.69, 9.17) is 9.73 Å². The van der Waals surface area contributed by atoms with Crippen molar-refractivity contribution in [3.8, 4) is 0 Å². The van der Waals surface area contributed by atoms with Gasteiger partial charge in [0, 0.05) is 57.5 Å². The van der Waals surface area contributed by atoms with Crippen molar-refractivity contribution in [1.82, 2.24) is 25.3 Å². The Bertz CT molecular complexity index is 509. The van der Waals surface area contributed by atoms with Crippen LogP contribution >= 0.6 is 0 Å². The minimum Gasteiger partial charge on any atom is -0.381 e. The standard InChI is InChI=1S/C20H40N6O2/c1-6-21-19(22-16-20(24(4)5)7-13-28-14-8-20)26-11-9-25(10-12-26)15-18(27)23-17(2)3/h17H,6-16H2,1-5H3,(H,21,22)(H,23,27). The van der Waals surface area contributed by atoms with Crippen molar-refractivity contribution >= 4 is 11.9 Å². The van der Waals surface area contributed by atoms with Crippen LogP contribution in [0.5, 0.6) is 0 Å².